The summed E-state index contributed by atoms with van der Waals surface area (Å²) < 4.78 is 34.3. The molecule has 1 N–H and O–H groups in total. The number of nitrogens with zero attached hydrogens (tertiary/aromatic N) is 1. The first-order valence-corrected chi connectivity index (χ1v) is 25.0. The Hall–Kier alpha value is -2.29. The number of carbonyl (C=O) groups excluding carboxylic acids is 2. The van der Waals surface area contributed by atoms with Crippen molar-refractivity contribution in [3.05, 3.63) is 60.8 Å². The number of quaternary nitrogens is 1. The van der Waals surface area contributed by atoms with Crippen molar-refractivity contribution < 1.29 is 42.1 Å². The molecule has 0 aliphatic rings. The minimum Gasteiger partial charge on any atom is -0.462 e. The zero-order valence-corrected chi connectivity index (χ0v) is 39.4. The molecule has 0 aromatic carbocycles. The Kier molecular flexibility index (Phi) is 39.5. The fourth-order valence-corrected chi connectivity index (χ4v) is 6.91. The second-order valence-electron chi connectivity index (χ2n) is 16.8. The van der Waals surface area contributed by atoms with E-state index in [1.807, 2.05) is 27.2 Å². The maximum absolute atomic E-state index is 12.7. The lowest BCUT2D eigenvalue weighted by Gasteiger charge is -2.24. The number of esters is 2. The molecule has 0 bridgehead atoms. The van der Waals surface area contributed by atoms with E-state index in [1.165, 1.54) is 96.3 Å². The van der Waals surface area contributed by atoms with Gasteiger partial charge in [-0.25, -0.2) is 4.57 Å². The molecule has 9 nitrogen and oxygen atoms in total. The molecule has 0 heterocycles. The molecule has 0 aromatic rings. The number of phosphoric ester groups is 1. The molecule has 0 saturated heterocycles. The van der Waals surface area contributed by atoms with Gasteiger partial charge < -0.3 is 18.9 Å². The average molecular weight is 851 g/mol. The largest absolute Gasteiger partial charge is 0.472 e. The number of phosphoric acid groups is 1. The Morgan fingerprint density at radius 2 is 0.966 bits per heavy atom. The van der Waals surface area contributed by atoms with E-state index in [4.69, 9.17) is 18.5 Å². The second-order valence-corrected chi connectivity index (χ2v) is 18.2. The molecule has 0 aliphatic heterocycles. The third-order valence-electron chi connectivity index (χ3n) is 9.81. The third-order valence-corrected chi connectivity index (χ3v) is 10.8. The smallest absolute Gasteiger partial charge is 0.462 e. The Bertz CT molecular complexity index is 1190. The number of likely N-dealkylation sites (N-methyl/N-ethyl adjacent to an activating group) is 1. The van der Waals surface area contributed by atoms with Crippen molar-refractivity contribution in [3.63, 3.8) is 0 Å². The summed E-state index contributed by atoms with van der Waals surface area (Å²) in [7, 11) is 1.44. The van der Waals surface area contributed by atoms with E-state index in [0.717, 1.165) is 51.4 Å². The molecule has 0 saturated carbocycles. The molecule has 2 atom stereocenters. The van der Waals surface area contributed by atoms with E-state index in [-0.39, 0.29) is 32.0 Å². The Labute approximate surface area is 362 Å². The van der Waals surface area contributed by atoms with Crippen LogP contribution in [-0.2, 0) is 32.7 Å². The Balaban J connectivity index is 4.39. The molecule has 342 valence electrons. The van der Waals surface area contributed by atoms with Gasteiger partial charge in [0.1, 0.15) is 19.8 Å². The van der Waals surface area contributed by atoms with Gasteiger partial charge in [0.2, 0.25) is 0 Å². The van der Waals surface area contributed by atoms with E-state index >= 15 is 0 Å². The van der Waals surface area contributed by atoms with E-state index in [0.29, 0.717) is 23.9 Å². The fraction of sp³-hybridized carbons (Fsp3) is 0.755. The van der Waals surface area contributed by atoms with Gasteiger partial charge in [-0.05, 0) is 51.4 Å². The van der Waals surface area contributed by atoms with Crippen LogP contribution in [0, 0.1) is 0 Å². The van der Waals surface area contributed by atoms with Crippen LogP contribution in [0.3, 0.4) is 0 Å². The predicted molar refractivity (Wildman–Crippen MR) is 247 cm³/mol. The fourth-order valence-electron chi connectivity index (χ4n) is 6.17. The minimum atomic E-state index is -4.39. The van der Waals surface area contributed by atoms with Gasteiger partial charge in [0.05, 0.1) is 27.7 Å². The molecule has 1 unspecified atom stereocenters. The van der Waals surface area contributed by atoms with Crippen LogP contribution >= 0.6 is 7.82 Å². The third kappa shape index (κ3) is 45.1. The quantitative estimate of drug-likeness (QED) is 0.0213. The van der Waals surface area contributed by atoms with Crippen LogP contribution in [-0.4, -0.2) is 74.9 Å². The zero-order chi connectivity index (χ0) is 43.6. The van der Waals surface area contributed by atoms with Gasteiger partial charge in [0.25, 0.3) is 0 Å². The van der Waals surface area contributed by atoms with Gasteiger partial charge in [0.15, 0.2) is 6.10 Å². The normalized spacial score (nSPS) is 14.1. The molecule has 0 aliphatic carbocycles. The van der Waals surface area contributed by atoms with Crippen molar-refractivity contribution in [2.24, 2.45) is 0 Å². The SMILES string of the molecule is CC/C=C\C/C=C\C/C=C\C/C=C\C/C=C\CCCC(=O)O[C@H](COC(=O)CCCCCCCCCCCCCCCCCCCC)COP(=O)(O)OCC[N+](C)(C)C. The van der Waals surface area contributed by atoms with Gasteiger partial charge in [0, 0.05) is 12.8 Å². The first-order chi connectivity index (χ1) is 28.5. The lowest BCUT2D eigenvalue weighted by atomic mass is 10.0. The van der Waals surface area contributed by atoms with E-state index < -0.39 is 26.5 Å². The molecule has 10 heteroatoms. The summed E-state index contributed by atoms with van der Waals surface area (Å²) >= 11 is 0. The van der Waals surface area contributed by atoms with Crippen molar-refractivity contribution in [1.29, 1.82) is 0 Å². The molecule has 0 aromatic heterocycles. The minimum absolute atomic E-state index is 0.0198. The number of carbonyl (C=O) groups is 2. The predicted octanol–water partition coefficient (Wildman–Crippen LogP) is 13.6. The Morgan fingerprint density at radius 1 is 0.542 bits per heavy atom. The number of unbranched alkanes of at least 4 members (excludes halogenated alkanes) is 18. The van der Waals surface area contributed by atoms with Gasteiger partial charge in [-0.1, -0.05) is 184 Å². The monoisotopic (exact) mass is 851 g/mol. The average Bonchev–Trinajstić information content (AvgIpc) is 3.19. The van der Waals surface area contributed by atoms with Crippen LogP contribution in [0.1, 0.15) is 187 Å². The molecule has 59 heavy (non-hydrogen) atoms. The maximum atomic E-state index is 12.7. The topological polar surface area (TPSA) is 108 Å². The highest BCUT2D eigenvalue weighted by Gasteiger charge is 2.27. The maximum Gasteiger partial charge on any atom is 0.472 e. The summed E-state index contributed by atoms with van der Waals surface area (Å²) in [4.78, 5) is 35.4. The van der Waals surface area contributed by atoms with Crippen LogP contribution < -0.4 is 0 Å². The van der Waals surface area contributed by atoms with Crippen molar-refractivity contribution in [1.82, 2.24) is 0 Å². The molecule has 0 rings (SSSR count). The van der Waals surface area contributed by atoms with E-state index in [2.05, 4.69) is 68.5 Å². The molecule has 0 spiro atoms. The van der Waals surface area contributed by atoms with Crippen LogP contribution in [0.4, 0.5) is 0 Å². The van der Waals surface area contributed by atoms with Gasteiger partial charge in [-0.3, -0.25) is 18.6 Å². The molecule has 0 radical (unpaired) electrons. The lowest BCUT2D eigenvalue weighted by Crippen LogP contribution is -2.37. The second kappa shape index (κ2) is 41.1. The van der Waals surface area contributed by atoms with Gasteiger partial charge >= 0.3 is 19.8 Å². The number of rotatable bonds is 42. The van der Waals surface area contributed by atoms with Gasteiger partial charge in [-0.15, -0.1) is 0 Å². The first kappa shape index (κ1) is 56.7. The first-order valence-electron chi connectivity index (χ1n) is 23.5. The van der Waals surface area contributed by atoms with E-state index in [1.54, 1.807) is 0 Å². The summed E-state index contributed by atoms with van der Waals surface area (Å²) in [5.41, 5.74) is 0. The molecule has 0 fully saturated rings. The van der Waals surface area contributed by atoms with Crippen molar-refractivity contribution in [3.8, 4) is 0 Å². The standard InChI is InChI=1S/C49H88NO8P/c1-6-8-10-12-14-16-18-20-22-24-26-27-29-31-33-35-37-39-41-48(51)55-45-47(46-57-59(53,54)56-44-43-50(3,4)5)58-49(52)42-40-38-36-34-32-30-28-25-23-21-19-17-15-13-11-9-7-2/h9,11,15,17,21,23,28,30,34,36,47H,6-8,10,12-14,16,18-20,22,24-27,29,31-33,35,37-46H2,1-5H3/p+1/b11-9-,17-15-,23-21-,30-28-,36-34-/t47-/m1/s1. The number of hydrogen-bond acceptors (Lipinski definition) is 7. The highest BCUT2D eigenvalue weighted by atomic mass is 31.2. The van der Waals surface area contributed by atoms with Crippen molar-refractivity contribution in [2.45, 2.75) is 193 Å². The number of hydrogen-bond donors (Lipinski definition) is 1. The number of ether oxygens (including phenoxy) is 2. The summed E-state index contributed by atoms with van der Waals surface area (Å²) in [6.45, 7) is 4.25. The van der Waals surface area contributed by atoms with Crippen molar-refractivity contribution in [2.75, 3.05) is 47.5 Å². The van der Waals surface area contributed by atoms with Crippen LogP contribution in [0.2, 0.25) is 0 Å². The highest BCUT2D eigenvalue weighted by Crippen LogP contribution is 2.43. The number of allylic oxidation sites excluding steroid dienone is 10. The summed E-state index contributed by atoms with van der Waals surface area (Å²) in [6, 6.07) is 0. The van der Waals surface area contributed by atoms with Crippen molar-refractivity contribution >= 4 is 19.8 Å². The molecular weight excluding hydrogens is 762 g/mol. The molecular formula is C49H89NO8P+. The zero-order valence-electron chi connectivity index (χ0n) is 38.5. The highest BCUT2D eigenvalue weighted by molar-refractivity contribution is 7.47. The van der Waals surface area contributed by atoms with E-state index in [9.17, 15) is 19.0 Å². The van der Waals surface area contributed by atoms with Crippen LogP contribution in [0.25, 0.3) is 0 Å². The lowest BCUT2D eigenvalue weighted by molar-refractivity contribution is -0.870. The Morgan fingerprint density at radius 3 is 1.42 bits per heavy atom. The van der Waals surface area contributed by atoms with Crippen LogP contribution in [0.15, 0.2) is 60.8 Å². The summed E-state index contributed by atoms with van der Waals surface area (Å²) in [5, 5.41) is 0. The van der Waals surface area contributed by atoms with Gasteiger partial charge in [-0.2, -0.15) is 0 Å². The summed E-state index contributed by atoms with van der Waals surface area (Å²) in [6.07, 6.45) is 49.9. The van der Waals surface area contributed by atoms with Crippen LogP contribution in [0.5, 0.6) is 0 Å². The summed E-state index contributed by atoms with van der Waals surface area (Å²) in [5.74, 6) is -0.864. The molecule has 0 amide bonds.